The highest BCUT2D eigenvalue weighted by Crippen LogP contribution is 2.11. The number of likely N-dealkylation sites (N-methyl/N-ethyl adjacent to an activating group) is 1. The summed E-state index contributed by atoms with van der Waals surface area (Å²) >= 11 is 0. The van der Waals surface area contributed by atoms with E-state index in [-0.39, 0.29) is 6.04 Å². The monoisotopic (exact) mass is 176 g/mol. The molecule has 0 bridgehead atoms. The first-order valence-electron chi connectivity index (χ1n) is 4.11. The van der Waals surface area contributed by atoms with Crippen LogP contribution < -0.4 is 5.32 Å². The molecule has 1 rings (SSSR count). The third-order valence-electron chi connectivity index (χ3n) is 1.88. The molecule has 1 N–H and O–H groups in total. The Morgan fingerprint density at radius 3 is 2.69 bits per heavy atom. The third-order valence-corrected chi connectivity index (χ3v) is 1.88. The fraction of sp³-hybridized carbons (Fsp3) is 0.333. The SMILES string of the molecule is CN[C@H](CN=[N+]=[N-])c1ccccc1. The molecule has 4 nitrogen and oxygen atoms in total. The lowest BCUT2D eigenvalue weighted by atomic mass is 10.1. The van der Waals surface area contributed by atoms with Gasteiger partial charge in [0, 0.05) is 17.5 Å². The number of benzene rings is 1. The van der Waals surface area contributed by atoms with Crippen LogP contribution in [0.2, 0.25) is 0 Å². The van der Waals surface area contributed by atoms with Gasteiger partial charge in [-0.15, -0.1) is 0 Å². The Labute approximate surface area is 77.2 Å². The maximum absolute atomic E-state index is 8.19. The van der Waals surface area contributed by atoms with Gasteiger partial charge in [0.25, 0.3) is 0 Å². The second kappa shape index (κ2) is 5.19. The summed E-state index contributed by atoms with van der Waals surface area (Å²) in [4.78, 5) is 2.73. The Hall–Kier alpha value is -1.51. The van der Waals surface area contributed by atoms with Crippen LogP contribution in [0, 0.1) is 0 Å². The minimum Gasteiger partial charge on any atom is -0.313 e. The van der Waals surface area contributed by atoms with Gasteiger partial charge in [-0.1, -0.05) is 35.4 Å². The molecule has 68 valence electrons. The van der Waals surface area contributed by atoms with Gasteiger partial charge in [-0.25, -0.2) is 0 Å². The van der Waals surface area contributed by atoms with Crippen LogP contribution in [0.5, 0.6) is 0 Å². The average Bonchev–Trinajstić information content (AvgIpc) is 2.21. The summed E-state index contributed by atoms with van der Waals surface area (Å²) in [6, 6.07) is 10.0. The van der Waals surface area contributed by atoms with Crippen molar-refractivity contribution in [2.24, 2.45) is 5.11 Å². The number of nitrogens with zero attached hydrogens (tertiary/aromatic N) is 3. The maximum Gasteiger partial charge on any atom is 0.0453 e. The van der Waals surface area contributed by atoms with Crippen LogP contribution in [0.3, 0.4) is 0 Å². The molecule has 1 atom stereocenters. The summed E-state index contributed by atoms with van der Waals surface area (Å²) < 4.78 is 0. The fourth-order valence-electron chi connectivity index (χ4n) is 1.17. The molecule has 0 saturated heterocycles. The van der Waals surface area contributed by atoms with Crippen LogP contribution in [0.1, 0.15) is 11.6 Å². The summed E-state index contributed by atoms with van der Waals surface area (Å²) in [5, 5.41) is 6.63. The Morgan fingerprint density at radius 2 is 2.15 bits per heavy atom. The van der Waals surface area contributed by atoms with Crippen LogP contribution in [-0.4, -0.2) is 13.6 Å². The van der Waals surface area contributed by atoms with E-state index < -0.39 is 0 Å². The highest BCUT2D eigenvalue weighted by Gasteiger charge is 2.05. The van der Waals surface area contributed by atoms with E-state index in [4.69, 9.17) is 5.53 Å². The van der Waals surface area contributed by atoms with Gasteiger partial charge in [-0.3, -0.25) is 0 Å². The molecular weight excluding hydrogens is 164 g/mol. The van der Waals surface area contributed by atoms with E-state index in [1.165, 1.54) is 0 Å². The normalized spacial score (nSPS) is 11.8. The van der Waals surface area contributed by atoms with E-state index in [9.17, 15) is 0 Å². The van der Waals surface area contributed by atoms with Crippen molar-refractivity contribution in [1.82, 2.24) is 5.32 Å². The molecule has 0 fully saturated rings. The predicted molar refractivity (Wildman–Crippen MR) is 52.3 cm³/mol. The van der Waals surface area contributed by atoms with Crippen molar-refractivity contribution in [3.05, 3.63) is 46.3 Å². The van der Waals surface area contributed by atoms with Gasteiger partial charge in [0.15, 0.2) is 0 Å². The summed E-state index contributed by atoms with van der Waals surface area (Å²) in [6.45, 7) is 0.441. The van der Waals surface area contributed by atoms with E-state index in [1.807, 2.05) is 37.4 Å². The molecule has 0 amide bonds. The largest absolute Gasteiger partial charge is 0.313 e. The topological polar surface area (TPSA) is 60.8 Å². The Bertz CT molecular complexity index is 290. The van der Waals surface area contributed by atoms with Gasteiger partial charge in [0.05, 0.1) is 0 Å². The number of hydrogen-bond donors (Lipinski definition) is 1. The lowest BCUT2D eigenvalue weighted by Crippen LogP contribution is -2.18. The molecule has 13 heavy (non-hydrogen) atoms. The van der Waals surface area contributed by atoms with E-state index in [2.05, 4.69) is 15.3 Å². The van der Waals surface area contributed by atoms with Crippen LogP contribution in [0.15, 0.2) is 35.4 Å². The smallest absolute Gasteiger partial charge is 0.0453 e. The first-order chi connectivity index (χ1) is 6.38. The van der Waals surface area contributed by atoms with Crippen molar-refractivity contribution in [1.29, 1.82) is 0 Å². The Kier molecular flexibility index (Phi) is 3.82. The zero-order valence-corrected chi connectivity index (χ0v) is 7.51. The molecule has 0 unspecified atom stereocenters. The van der Waals surface area contributed by atoms with E-state index in [1.54, 1.807) is 0 Å². The molecule has 0 aromatic heterocycles. The Morgan fingerprint density at radius 1 is 1.46 bits per heavy atom. The van der Waals surface area contributed by atoms with Gasteiger partial charge in [0.2, 0.25) is 0 Å². The second-order valence-corrected chi connectivity index (χ2v) is 2.67. The average molecular weight is 176 g/mol. The van der Waals surface area contributed by atoms with Gasteiger partial charge in [-0.05, 0) is 18.1 Å². The fourth-order valence-corrected chi connectivity index (χ4v) is 1.17. The van der Waals surface area contributed by atoms with Crippen molar-refractivity contribution in [2.75, 3.05) is 13.6 Å². The molecular formula is C9H12N4. The first-order valence-corrected chi connectivity index (χ1v) is 4.11. The minimum atomic E-state index is 0.108. The summed E-state index contributed by atoms with van der Waals surface area (Å²) in [7, 11) is 1.85. The summed E-state index contributed by atoms with van der Waals surface area (Å²) in [5.41, 5.74) is 9.32. The first kappa shape index (κ1) is 9.58. The Balaban J connectivity index is 2.72. The third kappa shape index (κ3) is 2.78. The van der Waals surface area contributed by atoms with Gasteiger partial charge < -0.3 is 5.32 Å². The van der Waals surface area contributed by atoms with Crippen molar-refractivity contribution < 1.29 is 0 Å². The minimum absolute atomic E-state index is 0.108. The zero-order chi connectivity index (χ0) is 9.52. The summed E-state index contributed by atoms with van der Waals surface area (Å²) in [5.74, 6) is 0. The molecule has 1 aromatic carbocycles. The molecule has 0 heterocycles. The molecule has 0 radical (unpaired) electrons. The van der Waals surface area contributed by atoms with Gasteiger partial charge in [0.1, 0.15) is 0 Å². The highest BCUT2D eigenvalue weighted by atomic mass is 15.1. The maximum atomic E-state index is 8.19. The highest BCUT2D eigenvalue weighted by molar-refractivity contribution is 5.19. The van der Waals surface area contributed by atoms with Crippen LogP contribution in [0.25, 0.3) is 10.4 Å². The van der Waals surface area contributed by atoms with Crippen molar-refractivity contribution in [2.45, 2.75) is 6.04 Å². The zero-order valence-electron chi connectivity index (χ0n) is 7.51. The van der Waals surface area contributed by atoms with Crippen molar-refractivity contribution in [3.63, 3.8) is 0 Å². The molecule has 1 aromatic rings. The molecule has 0 spiro atoms. The van der Waals surface area contributed by atoms with Gasteiger partial charge in [-0.2, -0.15) is 0 Å². The molecule has 0 aliphatic rings. The van der Waals surface area contributed by atoms with Crippen LogP contribution in [-0.2, 0) is 0 Å². The van der Waals surface area contributed by atoms with Crippen LogP contribution in [0.4, 0.5) is 0 Å². The van der Waals surface area contributed by atoms with Crippen LogP contribution >= 0.6 is 0 Å². The second-order valence-electron chi connectivity index (χ2n) is 2.67. The summed E-state index contributed by atoms with van der Waals surface area (Å²) in [6.07, 6.45) is 0. The number of rotatable bonds is 4. The number of hydrogen-bond acceptors (Lipinski definition) is 2. The standard InChI is InChI=1S/C9H12N4/c1-11-9(7-12-13-10)8-5-3-2-4-6-8/h2-6,9,11H,7H2,1H3/t9-/m1/s1. The van der Waals surface area contributed by atoms with Crippen molar-refractivity contribution in [3.8, 4) is 0 Å². The number of nitrogens with one attached hydrogen (secondary N) is 1. The van der Waals surface area contributed by atoms with E-state index in [0.717, 1.165) is 5.56 Å². The molecule has 4 heteroatoms. The lowest BCUT2D eigenvalue weighted by molar-refractivity contribution is 0.604. The molecule has 0 aliphatic carbocycles. The van der Waals surface area contributed by atoms with Crippen molar-refractivity contribution >= 4 is 0 Å². The number of azide groups is 1. The lowest BCUT2D eigenvalue weighted by Gasteiger charge is -2.12. The molecule has 0 saturated carbocycles. The predicted octanol–water partition coefficient (Wildman–Crippen LogP) is 2.26. The van der Waals surface area contributed by atoms with E-state index >= 15 is 0 Å². The van der Waals surface area contributed by atoms with E-state index in [0.29, 0.717) is 6.54 Å². The van der Waals surface area contributed by atoms with Gasteiger partial charge >= 0.3 is 0 Å². The molecule has 0 aliphatic heterocycles. The quantitative estimate of drug-likeness (QED) is 0.427.